The third-order valence-electron chi connectivity index (χ3n) is 6.99. The highest BCUT2D eigenvalue weighted by molar-refractivity contribution is 5.96. The van der Waals surface area contributed by atoms with E-state index in [1.54, 1.807) is 31.4 Å². The zero-order chi connectivity index (χ0) is 26.7. The Hall–Kier alpha value is -3.36. The van der Waals surface area contributed by atoms with Crippen molar-refractivity contribution in [3.05, 3.63) is 77.7 Å². The maximum atomic E-state index is 12.8. The second-order valence-corrected chi connectivity index (χ2v) is 9.88. The van der Waals surface area contributed by atoms with Crippen molar-refractivity contribution in [2.75, 3.05) is 26.7 Å². The van der Waals surface area contributed by atoms with E-state index in [-0.39, 0.29) is 18.1 Å². The number of carbonyl (C=O) groups is 2. The normalized spacial score (nSPS) is 18.7. The number of nitrogens with zero attached hydrogens (tertiary/aromatic N) is 1. The number of ether oxygens (including phenoxy) is 3. The SMILES string of the molecule is COc1ccc(C(=O)CCCCC(=O)N[C@H](CN2CCCC2)[C@@H](O)C2=COC(Cc3ccccc3)O2)cc1. The van der Waals surface area contributed by atoms with Crippen molar-refractivity contribution in [1.29, 1.82) is 0 Å². The first kappa shape index (κ1) is 27.7. The van der Waals surface area contributed by atoms with Crippen LogP contribution in [-0.2, 0) is 20.7 Å². The molecule has 0 spiro atoms. The molecule has 4 rings (SSSR count). The second-order valence-electron chi connectivity index (χ2n) is 9.88. The largest absolute Gasteiger partial charge is 0.497 e. The van der Waals surface area contributed by atoms with Gasteiger partial charge >= 0.3 is 0 Å². The summed E-state index contributed by atoms with van der Waals surface area (Å²) >= 11 is 0. The van der Waals surface area contributed by atoms with Crippen LogP contribution in [0.3, 0.4) is 0 Å². The molecule has 0 saturated carbocycles. The fraction of sp³-hybridized carbons (Fsp3) is 0.467. The van der Waals surface area contributed by atoms with Crippen molar-refractivity contribution < 1.29 is 28.9 Å². The molecule has 2 aliphatic rings. The van der Waals surface area contributed by atoms with E-state index in [0.717, 1.165) is 31.5 Å². The number of Topliss-reactive ketones (excluding diaryl/α,β-unsaturated/α-hetero) is 1. The van der Waals surface area contributed by atoms with Gasteiger partial charge in [-0.3, -0.25) is 9.59 Å². The van der Waals surface area contributed by atoms with Crippen LogP contribution in [-0.4, -0.2) is 66.9 Å². The highest BCUT2D eigenvalue weighted by atomic mass is 16.7. The molecule has 1 saturated heterocycles. The molecule has 2 aliphatic heterocycles. The highest BCUT2D eigenvalue weighted by Crippen LogP contribution is 2.23. The molecular weight excluding hydrogens is 484 g/mol. The Morgan fingerprint density at radius 1 is 1.05 bits per heavy atom. The van der Waals surface area contributed by atoms with Crippen molar-refractivity contribution in [3.63, 3.8) is 0 Å². The average molecular weight is 523 g/mol. The minimum atomic E-state index is -1.02. The van der Waals surface area contributed by atoms with Gasteiger partial charge in [-0.1, -0.05) is 30.3 Å². The third kappa shape index (κ3) is 8.07. The zero-order valence-electron chi connectivity index (χ0n) is 22.0. The molecule has 0 aliphatic carbocycles. The molecule has 0 aromatic heterocycles. The van der Waals surface area contributed by atoms with E-state index in [1.807, 2.05) is 30.3 Å². The molecule has 8 nitrogen and oxygen atoms in total. The average Bonchev–Trinajstić information content (AvgIpc) is 3.63. The smallest absolute Gasteiger partial charge is 0.244 e. The van der Waals surface area contributed by atoms with E-state index in [2.05, 4.69) is 10.2 Å². The Morgan fingerprint density at radius 2 is 1.76 bits per heavy atom. The number of likely N-dealkylation sites (tertiary alicyclic amines) is 1. The summed E-state index contributed by atoms with van der Waals surface area (Å²) in [6, 6.07) is 16.4. The van der Waals surface area contributed by atoms with E-state index < -0.39 is 18.4 Å². The number of benzene rings is 2. The van der Waals surface area contributed by atoms with Crippen LogP contribution in [0, 0.1) is 0 Å². The Labute approximate surface area is 224 Å². The summed E-state index contributed by atoms with van der Waals surface area (Å²) in [7, 11) is 1.59. The van der Waals surface area contributed by atoms with Gasteiger partial charge < -0.3 is 29.5 Å². The van der Waals surface area contributed by atoms with Crippen LogP contribution in [0.25, 0.3) is 0 Å². The summed E-state index contributed by atoms with van der Waals surface area (Å²) in [5.74, 6) is 0.942. The second kappa shape index (κ2) is 14.0. The maximum absolute atomic E-state index is 12.8. The van der Waals surface area contributed by atoms with Gasteiger partial charge in [0.25, 0.3) is 0 Å². The van der Waals surface area contributed by atoms with Gasteiger partial charge in [-0.05, 0) is 68.6 Å². The number of unbranched alkanes of at least 4 members (excludes halogenated alkanes) is 1. The number of amides is 1. The van der Waals surface area contributed by atoms with Crippen LogP contribution in [0.2, 0.25) is 0 Å². The first-order valence-electron chi connectivity index (χ1n) is 13.4. The molecule has 0 radical (unpaired) electrons. The van der Waals surface area contributed by atoms with Crippen molar-refractivity contribution in [1.82, 2.24) is 10.2 Å². The Bertz CT molecular complexity index is 1070. The number of aliphatic hydroxyl groups excluding tert-OH is 1. The predicted molar refractivity (Wildman–Crippen MR) is 144 cm³/mol. The minimum Gasteiger partial charge on any atom is -0.497 e. The number of hydrogen-bond donors (Lipinski definition) is 2. The van der Waals surface area contributed by atoms with Crippen molar-refractivity contribution in [2.24, 2.45) is 0 Å². The molecular formula is C30H38N2O6. The number of ketones is 1. The fourth-order valence-corrected chi connectivity index (χ4v) is 4.82. The van der Waals surface area contributed by atoms with E-state index >= 15 is 0 Å². The Kier molecular flexibility index (Phi) is 10.2. The maximum Gasteiger partial charge on any atom is 0.244 e. The van der Waals surface area contributed by atoms with Crippen LogP contribution in [0.1, 0.15) is 54.4 Å². The van der Waals surface area contributed by atoms with Crippen LogP contribution in [0.5, 0.6) is 5.75 Å². The molecule has 2 aromatic carbocycles. The summed E-state index contributed by atoms with van der Waals surface area (Å²) < 4.78 is 16.7. The van der Waals surface area contributed by atoms with Crippen LogP contribution in [0.4, 0.5) is 0 Å². The van der Waals surface area contributed by atoms with Gasteiger partial charge in [-0.2, -0.15) is 0 Å². The zero-order valence-corrected chi connectivity index (χ0v) is 22.0. The Balaban J connectivity index is 1.25. The van der Waals surface area contributed by atoms with E-state index in [4.69, 9.17) is 14.2 Å². The van der Waals surface area contributed by atoms with E-state index in [0.29, 0.717) is 49.3 Å². The van der Waals surface area contributed by atoms with Crippen molar-refractivity contribution in [2.45, 2.75) is 63.4 Å². The molecule has 204 valence electrons. The topological polar surface area (TPSA) is 97.3 Å². The Morgan fingerprint density at radius 3 is 2.47 bits per heavy atom. The first-order chi connectivity index (χ1) is 18.5. The number of hydrogen-bond acceptors (Lipinski definition) is 7. The highest BCUT2D eigenvalue weighted by Gasteiger charge is 2.33. The van der Waals surface area contributed by atoms with Gasteiger partial charge in [0.2, 0.25) is 12.2 Å². The number of methoxy groups -OCH3 is 1. The first-order valence-corrected chi connectivity index (χ1v) is 13.4. The predicted octanol–water partition coefficient (Wildman–Crippen LogP) is 3.84. The minimum absolute atomic E-state index is 0.0470. The molecule has 38 heavy (non-hydrogen) atoms. The standard InChI is InChI=1S/C30H38N2O6/c1-36-24-15-13-23(14-16-24)26(33)11-5-6-12-28(34)31-25(20-32-17-7-8-18-32)30(35)27-21-37-29(38-27)19-22-9-3-2-4-10-22/h2-4,9-10,13-16,21,25,29-30,35H,5-8,11-12,17-20H2,1H3,(H,31,34)/t25-,29?,30-/m1/s1. The molecule has 1 unspecified atom stereocenters. The summed E-state index contributed by atoms with van der Waals surface area (Å²) in [4.78, 5) is 27.5. The van der Waals surface area contributed by atoms with Gasteiger partial charge in [0.05, 0.1) is 13.2 Å². The summed E-state index contributed by atoms with van der Waals surface area (Å²) in [6.07, 6.45) is 4.58. The third-order valence-corrected chi connectivity index (χ3v) is 6.99. The monoisotopic (exact) mass is 522 g/mol. The van der Waals surface area contributed by atoms with Crippen LogP contribution in [0.15, 0.2) is 66.6 Å². The van der Waals surface area contributed by atoms with Crippen molar-refractivity contribution in [3.8, 4) is 5.75 Å². The summed E-state index contributed by atoms with van der Waals surface area (Å²) in [5.41, 5.74) is 1.72. The van der Waals surface area contributed by atoms with Gasteiger partial charge in [0.15, 0.2) is 11.5 Å². The fourth-order valence-electron chi connectivity index (χ4n) is 4.82. The van der Waals surface area contributed by atoms with Crippen LogP contribution >= 0.6 is 0 Å². The molecule has 1 fully saturated rings. The molecule has 1 amide bonds. The summed E-state index contributed by atoms with van der Waals surface area (Å²) in [5, 5.41) is 14.2. The molecule has 2 heterocycles. The lowest BCUT2D eigenvalue weighted by atomic mass is 10.0. The molecule has 8 heteroatoms. The number of rotatable bonds is 14. The molecule has 0 bridgehead atoms. The quantitative estimate of drug-likeness (QED) is 0.287. The van der Waals surface area contributed by atoms with E-state index in [9.17, 15) is 14.7 Å². The molecule has 2 aromatic rings. The number of nitrogens with one attached hydrogen (secondary N) is 1. The van der Waals surface area contributed by atoms with Gasteiger partial charge in [-0.25, -0.2) is 0 Å². The van der Waals surface area contributed by atoms with Gasteiger partial charge in [0.1, 0.15) is 18.1 Å². The van der Waals surface area contributed by atoms with Gasteiger partial charge in [0, 0.05) is 31.4 Å². The number of aliphatic hydroxyl groups is 1. The van der Waals surface area contributed by atoms with E-state index in [1.165, 1.54) is 6.26 Å². The lowest BCUT2D eigenvalue weighted by Gasteiger charge is -2.28. The summed E-state index contributed by atoms with van der Waals surface area (Å²) in [6.45, 7) is 2.42. The van der Waals surface area contributed by atoms with Crippen molar-refractivity contribution >= 4 is 11.7 Å². The van der Waals surface area contributed by atoms with Gasteiger partial charge in [-0.15, -0.1) is 0 Å². The molecule has 2 N–H and O–H groups in total. The lowest BCUT2D eigenvalue weighted by molar-refractivity contribution is -0.123. The van der Waals surface area contributed by atoms with Crippen LogP contribution < -0.4 is 10.1 Å². The lowest BCUT2D eigenvalue weighted by Crippen LogP contribution is -2.50. The molecule has 3 atom stereocenters. The number of carbonyl (C=O) groups excluding carboxylic acids is 2.